The Morgan fingerprint density at radius 1 is 0.882 bits per heavy atom. The Kier molecular flexibility index (Phi) is 12.5. The van der Waals surface area contributed by atoms with E-state index in [1.54, 1.807) is 0 Å². The zero-order chi connectivity index (χ0) is 12.9. The van der Waals surface area contributed by atoms with Crippen LogP contribution < -0.4 is 0 Å². The van der Waals surface area contributed by atoms with Crippen molar-refractivity contribution >= 4 is 17.7 Å². The number of rotatable bonds is 12. The Morgan fingerprint density at radius 3 is 2.06 bits per heavy atom. The largest absolute Gasteiger partial charge is 0.288 e. The Bertz CT molecular complexity index is 180. The Hall–Kier alpha value is 0.0200. The Morgan fingerprint density at radius 2 is 1.47 bits per heavy atom. The predicted octanol–water partition coefficient (Wildman–Crippen LogP) is 5.39. The van der Waals surface area contributed by atoms with E-state index in [9.17, 15) is 4.79 Å². The van der Waals surface area contributed by atoms with Crippen LogP contribution in [0.25, 0.3) is 0 Å². The molecule has 0 aromatic rings. The zero-order valence-corrected chi connectivity index (χ0v) is 12.6. The summed E-state index contributed by atoms with van der Waals surface area (Å²) in [5, 5.41) is 0.0465. The number of hydrogen-bond acceptors (Lipinski definition) is 1. The first-order valence-corrected chi connectivity index (χ1v) is 7.87. The van der Waals surface area contributed by atoms with E-state index < -0.39 is 0 Å². The molecule has 0 spiro atoms. The molecular formula is C15H30OS. The minimum Gasteiger partial charge on any atom is -0.288 e. The maximum atomic E-state index is 10.8. The van der Waals surface area contributed by atoms with Crippen LogP contribution in [0.1, 0.15) is 84.5 Å². The van der Waals surface area contributed by atoms with Crippen molar-refractivity contribution in [2.24, 2.45) is 5.92 Å². The Balaban J connectivity index is 3.67. The molecule has 1 atom stereocenters. The Labute approximate surface area is 113 Å². The summed E-state index contributed by atoms with van der Waals surface area (Å²) in [4.78, 5) is 10.8. The first kappa shape index (κ1) is 17.0. The lowest BCUT2D eigenvalue weighted by Gasteiger charge is -2.16. The van der Waals surface area contributed by atoms with E-state index in [1.807, 2.05) is 0 Å². The molecular weight excluding hydrogens is 228 g/mol. The molecule has 17 heavy (non-hydrogen) atoms. The minimum absolute atomic E-state index is 0.0465. The van der Waals surface area contributed by atoms with Crippen molar-refractivity contribution in [3.8, 4) is 0 Å². The average molecular weight is 258 g/mol. The lowest BCUT2D eigenvalue weighted by atomic mass is 9.90. The van der Waals surface area contributed by atoms with Crippen molar-refractivity contribution in [2.45, 2.75) is 84.5 Å². The van der Waals surface area contributed by atoms with Gasteiger partial charge in [-0.1, -0.05) is 65.2 Å². The van der Waals surface area contributed by atoms with Gasteiger partial charge in [0, 0.05) is 6.42 Å². The lowest BCUT2D eigenvalue weighted by Crippen LogP contribution is -2.02. The van der Waals surface area contributed by atoms with Gasteiger partial charge < -0.3 is 0 Å². The van der Waals surface area contributed by atoms with Crippen LogP contribution in [0.5, 0.6) is 0 Å². The highest BCUT2D eigenvalue weighted by molar-refractivity contribution is 7.96. The molecule has 2 heteroatoms. The predicted molar refractivity (Wildman–Crippen MR) is 79.6 cm³/mol. The van der Waals surface area contributed by atoms with Crippen molar-refractivity contribution in [1.29, 1.82) is 0 Å². The minimum atomic E-state index is 0.0465. The summed E-state index contributed by atoms with van der Waals surface area (Å²) in [7, 11) is 0. The number of thiol groups is 1. The molecule has 0 aromatic carbocycles. The third kappa shape index (κ3) is 12.3. The van der Waals surface area contributed by atoms with Gasteiger partial charge in [0.15, 0.2) is 5.12 Å². The van der Waals surface area contributed by atoms with Crippen LogP contribution in [-0.4, -0.2) is 5.12 Å². The second-order valence-corrected chi connectivity index (χ2v) is 5.64. The first-order valence-electron chi connectivity index (χ1n) is 7.42. The number of carbonyl (C=O) groups excluding carboxylic acids is 1. The normalized spacial score (nSPS) is 12.6. The maximum Gasteiger partial charge on any atom is 0.185 e. The van der Waals surface area contributed by atoms with Crippen LogP contribution in [0.4, 0.5) is 0 Å². The molecule has 0 aliphatic carbocycles. The fourth-order valence-electron chi connectivity index (χ4n) is 2.33. The molecule has 1 unspecified atom stereocenters. The molecule has 0 bridgehead atoms. The molecule has 102 valence electrons. The van der Waals surface area contributed by atoms with Gasteiger partial charge in [0.2, 0.25) is 0 Å². The van der Waals surface area contributed by atoms with E-state index >= 15 is 0 Å². The summed E-state index contributed by atoms with van der Waals surface area (Å²) in [6.45, 7) is 4.51. The van der Waals surface area contributed by atoms with E-state index in [0.717, 1.165) is 12.3 Å². The van der Waals surface area contributed by atoms with Crippen LogP contribution in [0.15, 0.2) is 0 Å². The third-order valence-electron chi connectivity index (χ3n) is 3.43. The van der Waals surface area contributed by atoms with Gasteiger partial charge in [-0.25, -0.2) is 0 Å². The fourth-order valence-corrected chi connectivity index (χ4v) is 2.49. The summed E-state index contributed by atoms with van der Waals surface area (Å²) in [5.74, 6) is 0.847. The summed E-state index contributed by atoms with van der Waals surface area (Å²) >= 11 is 3.83. The van der Waals surface area contributed by atoms with Crippen LogP contribution in [0.3, 0.4) is 0 Å². The van der Waals surface area contributed by atoms with Gasteiger partial charge in [0.05, 0.1) is 0 Å². The van der Waals surface area contributed by atoms with E-state index in [2.05, 4.69) is 26.5 Å². The van der Waals surface area contributed by atoms with E-state index in [4.69, 9.17) is 0 Å². The first-order chi connectivity index (χ1) is 8.20. The van der Waals surface area contributed by atoms with Gasteiger partial charge in [-0.2, -0.15) is 0 Å². The number of unbranched alkanes of at least 4 members (excludes halogenated alkanes) is 4. The highest BCUT2D eigenvalue weighted by atomic mass is 32.1. The molecule has 0 amide bonds. The second kappa shape index (κ2) is 12.5. The quantitative estimate of drug-likeness (QED) is 0.367. The van der Waals surface area contributed by atoms with Gasteiger partial charge in [0.25, 0.3) is 0 Å². The van der Waals surface area contributed by atoms with E-state index in [-0.39, 0.29) is 5.12 Å². The highest BCUT2D eigenvalue weighted by Gasteiger charge is 2.08. The van der Waals surface area contributed by atoms with Gasteiger partial charge in [0.1, 0.15) is 0 Å². The van der Waals surface area contributed by atoms with Crippen molar-refractivity contribution < 1.29 is 4.79 Å². The SMILES string of the molecule is CCCCCCC(CCCC)CCCC(=O)S. The molecule has 0 fully saturated rings. The summed E-state index contributed by atoms with van der Waals surface area (Å²) in [6, 6.07) is 0. The second-order valence-electron chi connectivity index (χ2n) is 5.14. The van der Waals surface area contributed by atoms with E-state index in [0.29, 0.717) is 6.42 Å². The van der Waals surface area contributed by atoms with Crippen LogP contribution in [0, 0.1) is 5.92 Å². The fraction of sp³-hybridized carbons (Fsp3) is 0.933. The molecule has 0 saturated carbocycles. The number of carbonyl (C=O) groups is 1. The summed E-state index contributed by atoms with van der Waals surface area (Å²) in [6.07, 6.45) is 13.7. The van der Waals surface area contributed by atoms with Crippen LogP contribution in [0.2, 0.25) is 0 Å². The standard InChI is InChI=1S/C15H30OS/c1-3-5-7-8-11-14(10-6-4-2)12-9-13-15(16)17/h14H,3-13H2,1-2H3,(H,16,17). The van der Waals surface area contributed by atoms with Crippen LogP contribution in [-0.2, 0) is 4.79 Å². The molecule has 0 rings (SSSR count). The van der Waals surface area contributed by atoms with Gasteiger partial charge in [-0.3, -0.25) is 4.79 Å². The molecule has 0 aromatic heterocycles. The molecule has 0 N–H and O–H groups in total. The van der Waals surface area contributed by atoms with Crippen LogP contribution >= 0.6 is 12.6 Å². The molecule has 1 nitrogen and oxygen atoms in total. The molecule has 0 heterocycles. The van der Waals surface area contributed by atoms with Crippen molar-refractivity contribution in [3.05, 3.63) is 0 Å². The maximum absolute atomic E-state index is 10.8. The smallest absolute Gasteiger partial charge is 0.185 e. The van der Waals surface area contributed by atoms with E-state index in [1.165, 1.54) is 57.8 Å². The van der Waals surface area contributed by atoms with Crippen molar-refractivity contribution in [1.82, 2.24) is 0 Å². The van der Waals surface area contributed by atoms with Gasteiger partial charge in [-0.05, 0) is 18.8 Å². The van der Waals surface area contributed by atoms with Crippen molar-refractivity contribution in [2.75, 3.05) is 0 Å². The number of hydrogen-bond donors (Lipinski definition) is 1. The van der Waals surface area contributed by atoms with Gasteiger partial charge in [-0.15, -0.1) is 12.6 Å². The average Bonchev–Trinajstić information content (AvgIpc) is 2.30. The molecule has 0 radical (unpaired) electrons. The lowest BCUT2D eigenvalue weighted by molar-refractivity contribution is -0.110. The highest BCUT2D eigenvalue weighted by Crippen LogP contribution is 2.23. The summed E-state index contributed by atoms with van der Waals surface area (Å²) < 4.78 is 0. The molecule has 0 aliphatic rings. The third-order valence-corrected chi connectivity index (χ3v) is 3.66. The zero-order valence-electron chi connectivity index (χ0n) is 11.7. The monoisotopic (exact) mass is 258 g/mol. The molecule has 0 saturated heterocycles. The van der Waals surface area contributed by atoms with Crippen molar-refractivity contribution in [3.63, 3.8) is 0 Å². The molecule has 0 aliphatic heterocycles. The topological polar surface area (TPSA) is 17.1 Å². The summed E-state index contributed by atoms with van der Waals surface area (Å²) in [5.41, 5.74) is 0. The van der Waals surface area contributed by atoms with Gasteiger partial charge >= 0.3 is 0 Å².